The molecule has 0 atom stereocenters. The van der Waals surface area contributed by atoms with E-state index >= 15 is 0 Å². The molecule has 0 aliphatic carbocycles. The number of halogens is 11. The van der Waals surface area contributed by atoms with Gasteiger partial charge in [-0.1, -0.05) is 4.43 Å². The molecule has 0 amide bonds. The zero-order chi connectivity index (χ0) is 22.5. The van der Waals surface area contributed by atoms with Crippen LogP contribution in [0.5, 0.6) is 0 Å². The smallest absolute Gasteiger partial charge is 0.207 e. The van der Waals surface area contributed by atoms with E-state index in [1.54, 1.807) is 0 Å². The molecule has 0 unspecified atom stereocenters. The summed E-state index contributed by atoms with van der Waals surface area (Å²) in [4.78, 5) is 0. The highest BCUT2D eigenvalue weighted by Crippen LogP contribution is 2.18. The summed E-state index contributed by atoms with van der Waals surface area (Å²) in [5.74, 6) is -23.2. The lowest BCUT2D eigenvalue weighted by atomic mass is 10.3. The van der Waals surface area contributed by atoms with Crippen molar-refractivity contribution in [2.45, 2.75) is 0 Å². The van der Waals surface area contributed by atoms with Gasteiger partial charge in [-0.2, -0.15) is 0 Å². The Hall–Kier alpha value is -2.58. The maximum atomic E-state index is 14.4. The summed E-state index contributed by atoms with van der Waals surface area (Å²) in [5, 5.41) is 0. The van der Waals surface area contributed by atoms with Crippen LogP contribution in [0.25, 0.3) is 0 Å². The van der Waals surface area contributed by atoms with Crippen molar-refractivity contribution in [3.05, 3.63) is 88.3 Å². The molecule has 0 spiro atoms. The van der Waals surface area contributed by atoms with Crippen LogP contribution in [-0.2, 0) is 0 Å². The average molecular weight is 456 g/mol. The van der Waals surface area contributed by atoms with Crippen LogP contribution in [0.3, 0.4) is 0 Å². The lowest BCUT2D eigenvalue weighted by Crippen LogP contribution is -2.59. The van der Waals surface area contributed by atoms with E-state index in [9.17, 15) is 48.3 Å². The SMILES string of the molecule is Fc1cc(F)c(F)[c]([Al]([c]2c(F)c(F)cc(F)c2F)[c]2c(F)c(F)cc(F)c2F)c1. The summed E-state index contributed by atoms with van der Waals surface area (Å²) in [5.41, 5.74) is 0. The van der Waals surface area contributed by atoms with Crippen LogP contribution in [0.1, 0.15) is 0 Å². The van der Waals surface area contributed by atoms with Crippen LogP contribution in [0.4, 0.5) is 48.3 Å². The lowest BCUT2D eigenvalue weighted by molar-refractivity contribution is 0.459. The van der Waals surface area contributed by atoms with Gasteiger partial charge in [0.05, 0.1) is 0 Å². The predicted molar refractivity (Wildman–Crippen MR) is 83.5 cm³/mol. The molecular weight excluding hydrogens is 452 g/mol. The molecule has 0 aliphatic rings. The Kier molecular flexibility index (Phi) is 5.84. The van der Waals surface area contributed by atoms with Gasteiger partial charge in [0, 0.05) is 18.2 Å². The second-order valence-electron chi connectivity index (χ2n) is 5.99. The first-order chi connectivity index (χ1) is 14.0. The molecule has 30 heavy (non-hydrogen) atoms. The fraction of sp³-hybridized carbons (Fsp3) is 0. The fourth-order valence-corrected chi connectivity index (χ4v) is 6.12. The van der Waals surface area contributed by atoms with Crippen molar-refractivity contribution in [2.24, 2.45) is 0 Å². The average Bonchev–Trinajstić information content (AvgIpc) is 2.66. The van der Waals surface area contributed by atoms with Crippen molar-refractivity contribution in [1.82, 2.24) is 0 Å². The molecule has 0 heterocycles. The summed E-state index contributed by atoms with van der Waals surface area (Å²) in [6.07, 6.45) is 0. The maximum Gasteiger partial charge on any atom is 0.408 e. The Morgan fingerprint density at radius 1 is 0.400 bits per heavy atom. The van der Waals surface area contributed by atoms with Gasteiger partial charge in [-0.05, 0) is 14.9 Å². The van der Waals surface area contributed by atoms with Crippen LogP contribution < -0.4 is 13.3 Å². The van der Waals surface area contributed by atoms with E-state index in [0.29, 0.717) is 0 Å². The van der Waals surface area contributed by atoms with Gasteiger partial charge in [0.15, 0.2) is 29.1 Å². The van der Waals surface area contributed by atoms with Gasteiger partial charge < -0.3 is 0 Å². The van der Waals surface area contributed by atoms with E-state index in [-0.39, 0.29) is 24.3 Å². The summed E-state index contributed by atoms with van der Waals surface area (Å²) in [6, 6.07) is -0.567. The number of hydrogen-bond donors (Lipinski definition) is 0. The standard InChI is InChI=1S/2C6HF4.C6H2F3.Al/c2*7-3-1-4(8)6(10)2-5(3)9;7-4-1-2-5(8)6(9)3-4;/h2*1H;1,3H;. The van der Waals surface area contributed by atoms with Crippen LogP contribution >= 0.6 is 0 Å². The van der Waals surface area contributed by atoms with Crippen molar-refractivity contribution >= 4 is 27.4 Å². The Bertz CT molecular complexity index is 1060. The zero-order valence-electron chi connectivity index (χ0n) is 14.0. The van der Waals surface area contributed by atoms with Gasteiger partial charge in [0.2, 0.25) is 0 Å². The molecule has 0 bridgehead atoms. The number of benzene rings is 3. The quantitative estimate of drug-likeness (QED) is 0.320. The molecule has 0 radical (unpaired) electrons. The largest absolute Gasteiger partial charge is 0.408 e. The highest BCUT2D eigenvalue weighted by molar-refractivity contribution is 6.95. The van der Waals surface area contributed by atoms with Gasteiger partial charge in [-0.3, -0.25) is 0 Å². The highest BCUT2D eigenvalue weighted by atomic mass is 27.2. The minimum absolute atomic E-state index is 0.0396. The normalized spacial score (nSPS) is 11.2. The second kappa shape index (κ2) is 7.92. The molecule has 0 fully saturated rings. The van der Waals surface area contributed by atoms with E-state index in [1.807, 2.05) is 0 Å². The van der Waals surface area contributed by atoms with Gasteiger partial charge in [-0.15, -0.1) is 0 Å². The van der Waals surface area contributed by atoms with Crippen molar-refractivity contribution in [1.29, 1.82) is 0 Å². The van der Waals surface area contributed by atoms with Crippen molar-refractivity contribution < 1.29 is 48.3 Å². The molecule has 156 valence electrons. The number of hydrogen-bond acceptors (Lipinski definition) is 0. The molecule has 0 saturated heterocycles. The lowest BCUT2D eigenvalue weighted by Gasteiger charge is -2.19. The van der Waals surface area contributed by atoms with Crippen LogP contribution in [-0.4, -0.2) is 14.1 Å². The second-order valence-corrected chi connectivity index (χ2v) is 8.63. The first-order valence-electron chi connectivity index (χ1n) is 7.75. The number of rotatable bonds is 3. The summed E-state index contributed by atoms with van der Waals surface area (Å²) < 4.78 is 149. The van der Waals surface area contributed by atoms with E-state index in [4.69, 9.17) is 0 Å². The fourth-order valence-electron chi connectivity index (χ4n) is 2.93. The maximum absolute atomic E-state index is 14.4. The van der Waals surface area contributed by atoms with Crippen LogP contribution in [0.2, 0.25) is 0 Å². The molecule has 3 rings (SSSR count). The molecule has 0 N–H and O–H groups in total. The van der Waals surface area contributed by atoms with E-state index < -0.39 is 91.4 Å². The minimum Gasteiger partial charge on any atom is -0.207 e. The third-order valence-electron chi connectivity index (χ3n) is 4.20. The summed E-state index contributed by atoms with van der Waals surface area (Å²) in [6.45, 7) is 0. The predicted octanol–water partition coefficient (Wildman–Crippen LogP) is 3.73. The molecule has 0 nitrogen and oxygen atoms in total. The molecule has 0 aliphatic heterocycles. The van der Waals surface area contributed by atoms with E-state index in [0.717, 1.165) is 0 Å². The monoisotopic (exact) mass is 456 g/mol. The molecular formula is C18H4AlF11. The van der Waals surface area contributed by atoms with Gasteiger partial charge in [-0.25, -0.2) is 48.3 Å². The van der Waals surface area contributed by atoms with E-state index in [2.05, 4.69) is 0 Å². The Balaban J connectivity index is 2.56. The van der Waals surface area contributed by atoms with Gasteiger partial charge >= 0.3 is 14.1 Å². The first-order valence-corrected chi connectivity index (χ1v) is 9.49. The first kappa shape index (κ1) is 22.1. The highest BCUT2D eigenvalue weighted by Gasteiger charge is 2.42. The third kappa shape index (κ3) is 3.54. The molecule has 3 aromatic rings. The minimum atomic E-state index is -4.99. The zero-order valence-corrected chi connectivity index (χ0v) is 15.2. The molecule has 0 saturated carbocycles. The summed E-state index contributed by atoms with van der Waals surface area (Å²) >= 11 is -4.99. The summed E-state index contributed by atoms with van der Waals surface area (Å²) in [7, 11) is 0. The van der Waals surface area contributed by atoms with Crippen LogP contribution in [0.15, 0.2) is 24.3 Å². The Morgan fingerprint density at radius 3 is 1.10 bits per heavy atom. The Labute approximate surface area is 164 Å². The third-order valence-corrected chi connectivity index (χ3v) is 7.41. The Morgan fingerprint density at radius 2 is 0.733 bits per heavy atom. The van der Waals surface area contributed by atoms with Crippen molar-refractivity contribution in [3.8, 4) is 0 Å². The molecule has 12 heteroatoms. The molecule has 0 aromatic heterocycles. The van der Waals surface area contributed by atoms with Gasteiger partial charge in [0.25, 0.3) is 0 Å². The van der Waals surface area contributed by atoms with Crippen molar-refractivity contribution in [2.75, 3.05) is 0 Å². The molecule has 3 aromatic carbocycles. The topological polar surface area (TPSA) is 0 Å². The van der Waals surface area contributed by atoms with Crippen molar-refractivity contribution in [3.63, 3.8) is 0 Å². The van der Waals surface area contributed by atoms with Gasteiger partial charge in [0.1, 0.15) is 34.9 Å². The van der Waals surface area contributed by atoms with E-state index in [1.165, 1.54) is 0 Å². The van der Waals surface area contributed by atoms with Crippen LogP contribution in [0, 0.1) is 64.0 Å².